The van der Waals surface area contributed by atoms with Gasteiger partial charge in [0.2, 0.25) is 11.9 Å². The van der Waals surface area contributed by atoms with Crippen molar-refractivity contribution in [3.63, 3.8) is 0 Å². The average molecular weight is 426 g/mol. The van der Waals surface area contributed by atoms with Crippen molar-refractivity contribution in [3.05, 3.63) is 46.1 Å². The molecule has 3 aromatic rings. The van der Waals surface area contributed by atoms with Gasteiger partial charge in [0.15, 0.2) is 0 Å². The molecular weight excluding hydrogens is 398 g/mol. The number of H-pyrrole nitrogens is 1. The molecule has 30 heavy (non-hydrogen) atoms. The third-order valence-corrected chi connectivity index (χ3v) is 6.42. The summed E-state index contributed by atoms with van der Waals surface area (Å²) in [7, 11) is 3.97. The standard InChI is InChI=1S/C22H27N5O2S/c1-26(2)12-10-23-20(28)16-9-6-11-27(13-16)22-24-18-17(15-7-4-3-5-8-15)14-30-19(18)21(29)25-22/h3-5,7-8,14,16H,6,9-13H2,1-2H3,(H,23,28)(H,24,25,29). The Kier molecular flexibility index (Phi) is 6.15. The maximum Gasteiger partial charge on any atom is 0.270 e. The number of piperidine rings is 1. The van der Waals surface area contributed by atoms with Crippen LogP contribution in [0.4, 0.5) is 5.95 Å². The molecule has 1 atom stereocenters. The lowest BCUT2D eigenvalue weighted by molar-refractivity contribution is -0.125. The van der Waals surface area contributed by atoms with Gasteiger partial charge in [-0.3, -0.25) is 14.6 Å². The molecular formula is C22H27N5O2S. The highest BCUT2D eigenvalue weighted by atomic mass is 32.1. The summed E-state index contributed by atoms with van der Waals surface area (Å²) in [6, 6.07) is 9.99. The summed E-state index contributed by atoms with van der Waals surface area (Å²) in [5, 5.41) is 5.01. The Balaban J connectivity index is 1.57. The monoisotopic (exact) mass is 425 g/mol. The van der Waals surface area contributed by atoms with Crippen LogP contribution >= 0.6 is 11.3 Å². The van der Waals surface area contributed by atoms with Gasteiger partial charge in [-0.05, 0) is 32.5 Å². The van der Waals surface area contributed by atoms with Crippen LogP contribution in [0.25, 0.3) is 21.3 Å². The lowest BCUT2D eigenvalue weighted by atomic mass is 9.97. The Labute approximate surface area is 179 Å². The second-order valence-corrected chi connectivity index (χ2v) is 8.84. The fraction of sp³-hybridized carbons (Fsp3) is 0.409. The molecule has 0 radical (unpaired) electrons. The topological polar surface area (TPSA) is 81.3 Å². The van der Waals surface area contributed by atoms with Gasteiger partial charge in [-0.15, -0.1) is 11.3 Å². The summed E-state index contributed by atoms with van der Waals surface area (Å²) in [6.45, 7) is 2.79. The maximum atomic E-state index is 12.7. The molecule has 4 rings (SSSR count). The second kappa shape index (κ2) is 8.97. The van der Waals surface area contributed by atoms with Crippen LogP contribution in [-0.2, 0) is 4.79 Å². The number of carbonyl (C=O) groups is 1. The van der Waals surface area contributed by atoms with Crippen molar-refractivity contribution in [2.24, 2.45) is 5.92 Å². The van der Waals surface area contributed by atoms with Crippen LogP contribution in [0.1, 0.15) is 12.8 Å². The molecule has 7 nitrogen and oxygen atoms in total. The Hall–Kier alpha value is -2.71. The van der Waals surface area contributed by atoms with Crippen molar-refractivity contribution in [1.29, 1.82) is 0 Å². The quantitative estimate of drug-likeness (QED) is 0.634. The van der Waals surface area contributed by atoms with E-state index in [1.165, 1.54) is 11.3 Å². The van der Waals surface area contributed by atoms with E-state index in [9.17, 15) is 9.59 Å². The fourth-order valence-electron chi connectivity index (χ4n) is 3.82. The van der Waals surface area contributed by atoms with Crippen molar-refractivity contribution in [2.45, 2.75) is 12.8 Å². The smallest absolute Gasteiger partial charge is 0.270 e. The molecule has 1 aliphatic heterocycles. The van der Waals surface area contributed by atoms with Gasteiger partial charge < -0.3 is 15.1 Å². The lowest BCUT2D eigenvalue weighted by Crippen LogP contribution is -2.45. The van der Waals surface area contributed by atoms with Crippen LogP contribution in [0.3, 0.4) is 0 Å². The van der Waals surface area contributed by atoms with Crippen molar-refractivity contribution in [2.75, 3.05) is 45.2 Å². The van der Waals surface area contributed by atoms with Gasteiger partial charge in [0.05, 0.1) is 11.4 Å². The van der Waals surface area contributed by atoms with E-state index in [1.807, 2.05) is 59.6 Å². The zero-order chi connectivity index (χ0) is 21.1. The van der Waals surface area contributed by atoms with Crippen molar-refractivity contribution >= 4 is 33.4 Å². The number of rotatable bonds is 6. The minimum atomic E-state index is -0.125. The number of fused-ring (bicyclic) bond motifs is 1. The first-order valence-corrected chi connectivity index (χ1v) is 11.1. The van der Waals surface area contributed by atoms with Crippen LogP contribution < -0.4 is 15.8 Å². The van der Waals surface area contributed by atoms with Gasteiger partial charge in [-0.1, -0.05) is 30.3 Å². The highest BCUT2D eigenvalue weighted by Gasteiger charge is 2.27. The average Bonchev–Trinajstić information content (AvgIpc) is 3.19. The molecule has 0 aliphatic carbocycles. The molecule has 0 saturated carbocycles. The normalized spacial score (nSPS) is 16.9. The summed E-state index contributed by atoms with van der Waals surface area (Å²) in [5.41, 5.74) is 2.62. The molecule has 158 valence electrons. The highest BCUT2D eigenvalue weighted by Crippen LogP contribution is 2.32. The second-order valence-electron chi connectivity index (χ2n) is 7.96. The van der Waals surface area contributed by atoms with Crippen molar-refractivity contribution < 1.29 is 4.79 Å². The minimum absolute atomic E-state index is 0.0745. The molecule has 8 heteroatoms. The van der Waals surface area contributed by atoms with Crippen LogP contribution in [0.5, 0.6) is 0 Å². The van der Waals surface area contributed by atoms with Gasteiger partial charge in [0.1, 0.15) is 4.70 Å². The molecule has 0 spiro atoms. The number of nitrogens with zero attached hydrogens (tertiary/aromatic N) is 3. The first kappa shape index (κ1) is 20.6. The van der Waals surface area contributed by atoms with Crippen LogP contribution in [0.15, 0.2) is 40.5 Å². The molecule has 1 aromatic carbocycles. The molecule has 1 unspecified atom stereocenters. The Bertz CT molecular complexity index is 1080. The van der Waals surface area contributed by atoms with Gasteiger partial charge in [0.25, 0.3) is 5.56 Å². The van der Waals surface area contributed by atoms with E-state index >= 15 is 0 Å². The van der Waals surface area contributed by atoms with Crippen LogP contribution in [0, 0.1) is 5.92 Å². The Morgan fingerprint density at radius 3 is 2.90 bits per heavy atom. The summed E-state index contributed by atoms with van der Waals surface area (Å²) < 4.78 is 0.632. The molecule has 2 aromatic heterocycles. The zero-order valence-electron chi connectivity index (χ0n) is 17.4. The van der Waals surface area contributed by atoms with Gasteiger partial charge >= 0.3 is 0 Å². The predicted octanol–water partition coefficient (Wildman–Crippen LogP) is 2.55. The van der Waals surface area contributed by atoms with Gasteiger partial charge in [0, 0.05) is 37.1 Å². The summed E-state index contributed by atoms with van der Waals surface area (Å²) >= 11 is 1.41. The van der Waals surface area contributed by atoms with E-state index in [0.29, 0.717) is 23.7 Å². The van der Waals surface area contributed by atoms with Crippen molar-refractivity contribution in [1.82, 2.24) is 20.2 Å². The number of hydrogen-bond donors (Lipinski definition) is 2. The number of likely N-dealkylation sites (N-methyl/N-ethyl adjacent to an activating group) is 1. The van der Waals surface area contributed by atoms with E-state index in [1.54, 1.807) is 0 Å². The number of amides is 1. The summed E-state index contributed by atoms with van der Waals surface area (Å²) in [5.74, 6) is 0.525. The van der Waals surface area contributed by atoms with E-state index in [2.05, 4.69) is 10.3 Å². The number of hydrogen-bond acceptors (Lipinski definition) is 6. The van der Waals surface area contributed by atoms with E-state index in [0.717, 1.165) is 42.6 Å². The van der Waals surface area contributed by atoms with E-state index in [-0.39, 0.29) is 17.4 Å². The molecule has 2 N–H and O–H groups in total. The minimum Gasteiger partial charge on any atom is -0.355 e. The molecule has 3 heterocycles. The van der Waals surface area contributed by atoms with E-state index < -0.39 is 0 Å². The highest BCUT2D eigenvalue weighted by molar-refractivity contribution is 7.17. The number of benzene rings is 1. The fourth-order valence-corrected chi connectivity index (χ4v) is 4.73. The molecule has 1 aliphatic rings. The summed E-state index contributed by atoms with van der Waals surface area (Å²) in [4.78, 5) is 37.1. The predicted molar refractivity (Wildman–Crippen MR) is 122 cm³/mol. The number of carbonyl (C=O) groups excluding carboxylic acids is 1. The molecule has 0 bridgehead atoms. The third-order valence-electron chi connectivity index (χ3n) is 5.45. The molecule has 1 fully saturated rings. The van der Waals surface area contributed by atoms with Gasteiger partial charge in [-0.2, -0.15) is 0 Å². The molecule has 1 amide bonds. The Morgan fingerprint density at radius 2 is 2.13 bits per heavy atom. The number of anilines is 1. The first-order chi connectivity index (χ1) is 14.5. The van der Waals surface area contributed by atoms with Crippen LogP contribution in [0.2, 0.25) is 0 Å². The SMILES string of the molecule is CN(C)CCNC(=O)C1CCCN(c2nc3c(-c4ccccc4)csc3c(=O)[nH]2)C1. The number of thiophene rings is 1. The largest absolute Gasteiger partial charge is 0.355 e. The third kappa shape index (κ3) is 4.39. The zero-order valence-corrected chi connectivity index (χ0v) is 18.2. The Morgan fingerprint density at radius 1 is 1.33 bits per heavy atom. The molecule has 1 saturated heterocycles. The van der Waals surface area contributed by atoms with E-state index in [4.69, 9.17) is 4.98 Å². The maximum absolute atomic E-state index is 12.7. The first-order valence-electron chi connectivity index (χ1n) is 10.3. The number of nitrogens with one attached hydrogen (secondary N) is 2. The van der Waals surface area contributed by atoms with Gasteiger partial charge in [-0.25, -0.2) is 4.98 Å². The number of aromatic nitrogens is 2. The van der Waals surface area contributed by atoms with Crippen LogP contribution in [-0.4, -0.2) is 61.0 Å². The van der Waals surface area contributed by atoms with Crippen molar-refractivity contribution in [3.8, 4) is 11.1 Å². The number of aromatic amines is 1. The summed E-state index contributed by atoms with van der Waals surface area (Å²) in [6.07, 6.45) is 1.74. The lowest BCUT2D eigenvalue weighted by Gasteiger charge is -2.32.